The van der Waals surface area contributed by atoms with E-state index in [2.05, 4.69) is 0 Å². The Balaban J connectivity index is 2.02. The molecule has 20 heavy (non-hydrogen) atoms. The van der Waals surface area contributed by atoms with Crippen molar-refractivity contribution in [1.29, 1.82) is 0 Å². The van der Waals surface area contributed by atoms with Crippen LogP contribution in [0.3, 0.4) is 0 Å². The van der Waals surface area contributed by atoms with Crippen molar-refractivity contribution < 1.29 is 13.2 Å². The Morgan fingerprint density at radius 2 is 1.85 bits per heavy atom. The van der Waals surface area contributed by atoms with Gasteiger partial charge in [-0.15, -0.1) is 0 Å². The van der Waals surface area contributed by atoms with Crippen LogP contribution >= 0.6 is 0 Å². The molecule has 0 aromatic heterocycles. The molecule has 1 heterocycles. The standard InChI is InChI=1S/C14H28N2O3S/c15-9-5-10-16(13-6-2-1-3-7-13)20(17,18)12-14-8-4-11-19-14/h13-14H,1-12,15H2. The van der Waals surface area contributed by atoms with E-state index in [1.807, 2.05) is 0 Å². The Bertz CT molecular complexity index is 374. The summed E-state index contributed by atoms with van der Waals surface area (Å²) >= 11 is 0. The molecule has 2 N–H and O–H groups in total. The lowest BCUT2D eigenvalue weighted by atomic mass is 9.95. The van der Waals surface area contributed by atoms with Crippen LogP contribution in [0.15, 0.2) is 0 Å². The molecular formula is C14H28N2O3S. The predicted molar refractivity (Wildman–Crippen MR) is 80.0 cm³/mol. The van der Waals surface area contributed by atoms with Gasteiger partial charge in [-0.25, -0.2) is 8.42 Å². The van der Waals surface area contributed by atoms with Crippen LogP contribution in [0.5, 0.6) is 0 Å². The second-order valence-electron chi connectivity index (χ2n) is 5.96. The Hall–Kier alpha value is -0.170. The first kappa shape index (κ1) is 16.2. The molecule has 2 aliphatic rings. The van der Waals surface area contributed by atoms with Gasteiger partial charge in [0.15, 0.2) is 0 Å². The number of nitrogens with zero attached hydrogens (tertiary/aromatic N) is 1. The van der Waals surface area contributed by atoms with Gasteiger partial charge in [0.05, 0.1) is 11.9 Å². The third kappa shape index (κ3) is 4.41. The van der Waals surface area contributed by atoms with E-state index < -0.39 is 10.0 Å². The average Bonchev–Trinajstić information content (AvgIpc) is 2.92. The molecule has 2 rings (SSSR count). The third-order valence-corrected chi connectivity index (χ3v) is 6.33. The van der Waals surface area contributed by atoms with Gasteiger partial charge in [0.2, 0.25) is 10.0 Å². The van der Waals surface area contributed by atoms with E-state index in [1.165, 1.54) is 6.42 Å². The van der Waals surface area contributed by atoms with Crippen LogP contribution in [0.2, 0.25) is 0 Å². The molecule has 1 unspecified atom stereocenters. The molecule has 6 heteroatoms. The number of hydrogen-bond donors (Lipinski definition) is 1. The molecule has 5 nitrogen and oxygen atoms in total. The molecule has 1 aliphatic carbocycles. The normalized spacial score (nSPS) is 25.4. The van der Waals surface area contributed by atoms with Gasteiger partial charge in [0.1, 0.15) is 0 Å². The van der Waals surface area contributed by atoms with Crippen LogP contribution in [-0.4, -0.2) is 50.3 Å². The second kappa shape index (κ2) is 7.73. The highest BCUT2D eigenvalue weighted by atomic mass is 32.2. The lowest BCUT2D eigenvalue weighted by molar-refractivity contribution is 0.125. The molecule has 0 aromatic carbocycles. The highest BCUT2D eigenvalue weighted by Crippen LogP contribution is 2.26. The first-order valence-corrected chi connectivity index (χ1v) is 9.55. The van der Waals surface area contributed by atoms with Crippen molar-refractivity contribution in [3.63, 3.8) is 0 Å². The van der Waals surface area contributed by atoms with Crippen molar-refractivity contribution in [2.45, 2.75) is 63.5 Å². The van der Waals surface area contributed by atoms with Crippen molar-refractivity contribution >= 4 is 10.0 Å². The fraction of sp³-hybridized carbons (Fsp3) is 1.00. The summed E-state index contributed by atoms with van der Waals surface area (Å²) in [6, 6.07) is 0.182. The Morgan fingerprint density at radius 3 is 2.45 bits per heavy atom. The highest BCUT2D eigenvalue weighted by molar-refractivity contribution is 7.89. The molecule has 1 atom stereocenters. The monoisotopic (exact) mass is 304 g/mol. The topological polar surface area (TPSA) is 72.6 Å². The first-order valence-electron chi connectivity index (χ1n) is 7.94. The maximum atomic E-state index is 12.7. The number of hydrogen-bond acceptors (Lipinski definition) is 4. The molecule has 1 saturated carbocycles. The highest BCUT2D eigenvalue weighted by Gasteiger charge is 2.33. The van der Waals surface area contributed by atoms with E-state index >= 15 is 0 Å². The minimum absolute atomic E-state index is 0.107. The minimum atomic E-state index is -3.22. The van der Waals surface area contributed by atoms with Crippen molar-refractivity contribution in [3.05, 3.63) is 0 Å². The molecule has 0 amide bonds. The molecular weight excluding hydrogens is 276 g/mol. The van der Waals surface area contributed by atoms with E-state index in [4.69, 9.17) is 10.5 Å². The van der Waals surface area contributed by atoms with Crippen molar-refractivity contribution in [2.24, 2.45) is 5.73 Å². The van der Waals surface area contributed by atoms with E-state index in [1.54, 1.807) is 4.31 Å². The summed E-state index contributed by atoms with van der Waals surface area (Å²) in [4.78, 5) is 0. The summed E-state index contributed by atoms with van der Waals surface area (Å²) in [6.45, 7) is 1.81. The van der Waals surface area contributed by atoms with Crippen LogP contribution in [0.25, 0.3) is 0 Å². The molecule has 1 saturated heterocycles. The summed E-state index contributed by atoms with van der Waals surface area (Å²) in [5, 5.41) is 0. The van der Waals surface area contributed by atoms with E-state index in [-0.39, 0.29) is 17.9 Å². The smallest absolute Gasteiger partial charge is 0.216 e. The first-order chi connectivity index (χ1) is 9.63. The zero-order chi connectivity index (χ0) is 14.4. The van der Waals surface area contributed by atoms with Crippen molar-refractivity contribution in [2.75, 3.05) is 25.4 Å². The van der Waals surface area contributed by atoms with Crippen LogP contribution in [0.1, 0.15) is 51.4 Å². The average molecular weight is 304 g/mol. The fourth-order valence-electron chi connectivity index (χ4n) is 3.27. The number of rotatable bonds is 7. The Labute approximate surface area is 122 Å². The molecule has 2 fully saturated rings. The lowest BCUT2D eigenvalue weighted by Crippen LogP contribution is -2.45. The van der Waals surface area contributed by atoms with Crippen LogP contribution in [0, 0.1) is 0 Å². The number of ether oxygens (including phenoxy) is 1. The van der Waals surface area contributed by atoms with Gasteiger partial charge in [-0.05, 0) is 38.6 Å². The van der Waals surface area contributed by atoms with E-state index in [0.717, 1.165) is 44.9 Å². The van der Waals surface area contributed by atoms with Gasteiger partial charge >= 0.3 is 0 Å². The zero-order valence-electron chi connectivity index (χ0n) is 12.3. The molecule has 0 aromatic rings. The van der Waals surface area contributed by atoms with Crippen LogP contribution in [-0.2, 0) is 14.8 Å². The van der Waals surface area contributed by atoms with Crippen molar-refractivity contribution in [1.82, 2.24) is 4.31 Å². The Kier molecular flexibility index (Phi) is 6.26. The Morgan fingerprint density at radius 1 is 1.10 bits per heavy atom. The summed E-state index contributed by atoms with van der Waals surface area (Å²) in [5.41, 5.74) is 5.57. The van der Waals surface area contributed by atoms with Crippen LogP contribution in [0.4, 0.5) is 0 Å². The quantitative estimate of drug-likeness (QED) is 0.773. The molecule has 0 spiro atoms. The summed E-state index contributed by atoms with van der Waals surface area (Å²) in [5.74, 6) is 0.147. The number of sulfonamides is 1. The van der Waals surface area contributed by atoms with E-state index in [9.17, 15) is 8.42 Å². The van der Waals surface area contributed by atoms with Gasteiger partial charge in [0, 0.05) is 19.2 Å². The minimum Gasteiger partial charge on any atom is -0.377 e. The maximum absolute atomic E-state index is 12.7. The molecule has 1 aliphatic heterocycles. The summed E-state index contributed by atoms with van der Waals surface area (Å²) < 4.78 is 32.6. The third-order valence-electron chi connectivity index (χ3n) is 4.34. The van der Waals surface area contributed by atoms with Gasteiger partial charge in [0.25, 0.3) is 0 Å². The van der Waals surface area contributed by atoms with Gasteiger partial charge in [-0.3, -0.25) is 0 Å². The molecule has 0 bridgehead atoms. The van der Waals surface area contributed by atoms with Gasteiger partial charge in [-0.2, -0.15) is 4.31 Å². The van der Waals surface area contributed by atoms with E-state index in [0.29, 0.717) is 19.7 Å². The largest absolute Gasteiger partial charge is 0.377 e. The number of nitrogens with two attached hydrogens (primary N) is 1. The molecule has 0 radical (unpaired) electrons. The molecule has 118 valence electrons. The van der Waals surface area contributed by atoms with Gasteiger partial charge in [-0.1, -0.05) is 19.3 Å². The maximum Gasteiger partial charge on any atom is 0.216 e. The summed E-state index contributed by atoms with van der Waals surface area (Å²) in [6.07, 6.45) is 7.97. The summed E-state index contributed by atoms with van der Waals surface area (Å²) in [7, 11) is -3.22. The fourth-order valence-corrected chi connectivity index (χ4v) is 5.27. The second-order valence-corrected chi connectivity index (χ2v) is 7.92. The SMILES string of the molecule is NCCCN(C1CCCCC1)S(=O)(=O)CC1CCCO1. The predicted octanol–water partition coefficient (Wildman–Crippen LogP) is 1.48. The van der Waals surface area contributed by atoms with Crippen LogP contribution < -0.4 is 5.73 Å². The zero-order valence-corrected chi connectivity index (χ0v) is 13.1. The lowest BCUT2D eigenvalue weighted by Gasteiger charge is -2.34. The van der Waals surface area contributed by atoms with Crippen molar-refractivity contribution in [3.8, 4) is 0 Å². The van der Waals surface area contributed by atoms with Gasteiger partial charge < -0.3 is 10.5 Å².